The topological polar surface area (TPSA) is 84.2 Å². The Morgan fingerprint density at radius 2 is 1.95 bits per heavy atom. The van der Waals surface area contributed by atoms with Crippen LogP contribution in [0.15, 0.2) is 55.5 Å². The predicted octanol–water partition coefficient (Wildman–Crippen LogP) is 6.17. The Balaban J connectivity index is 1.37. The maximum atomic E-state index is 14.3. The van der Waals surface area contributed by atoms with Crippen molar-refractivity contribution >= 4 is 38.9 Å². The van der Waals surface area contributed by atoms with Gasteiger partial charge in [0, 0.05) is 74.4 Å². The van der Waals surface area contributed by atoms with Gasteiger partial charge in [-0.1, -0.05) is 6.58 Å². The minimum Gasteiger partial charge on any atom is -0.453 e. The van der Waals surface area contributed by atoms with Gasteiger partial charge < -0.3 is 25.0 Å². The highest BCUT2D eigenvalue weighted by Crippen LogP contribution is 2.38. The molecule has 1 saturated heterocycles. The van der Waals surface area contributed by atoms with Gasteiger partial charge in [0.15, 0.2) is 11.6 Å². The normalized spacial score (nSPS) is 14.9. The summed E-state index contributed by atoms with van der Waals surface area (Å²) in [6, 6.07) is 8.11. The molecule has 8 nitrogen and oxygen atoms in total. The number of ether oxygens (including phenoxy) is 2. The standard InChI is InChI=1S/C29H36FN5O3S/c1-6-33(11-12-34-13-15-35(16-14-34)28(36)38-29(3,4)5)19-20(2)26-18-23-27(39-26)25(9-10-32-23)37-24-8-7-21(31)17-22(24)30/h6-10,17-19H,1,11-16,31H2,2-5H3/b20-19+. The monoisotopic (exact) mass is 553 g/mol. The van der Waals surface area contributed by atoms with Crippen LogP contribution in [0.1, 0.15) is 32.6 Å². The molecule has 39 heavy (non-hydrogen) atoms. The molecule has 1 amide bonds. The van der Waals surface area contributed by atoms with E-state index in [2.05, 4.69) is 27.6 Å². The number of allylic oxidation sites excluding steroid dienone is 1. The van der Waals surface area contributed by atoms with E-state index in [9.17, 15) is 9.18 Å². The van der Waals surface area contributed by atoms with Crippen molar-refractivity contribution in [3.8, 4) is 11.5 Å². The SMILES string of the molecule is C=CN(/C=C(\C)c1cc2nccc(Oc3ccc(N)cc3F)c2s1)CCN1CCN(C(=O)OC(C)(C)C)CC1. The number of anilines is 1. The second-order valence-electron chi connectivity index (χ2n) is 10.5. The molecule has 0 atom stereocenters. The molecule has 2 N–H and O–H groups in total. The number of nitrogens with zero attached hydrogens (tertiary/aromatic N) is 4. The highest BCUT2D eigenvalue weighted by atomic mass is 32.1. The van der Waals surface area contributed by atoms with Gasteiger partial charge in [0.1, 0.15) is 11.4 Å². The Morgan fingerprint density at radius 1 is 1.21 bits per heavy atom. The van der Waals surface area contributed by atoms with E-state index < -0.39 is 11.4 Å². The van der Waals surface area contributed by atoms with E-state index >= 15 is 0 Å². The minimum absolute atomic E-state index is 0.115. The molecule has 0 radical (unpaired) electrons. The molecule has 1 aliphatic rings. The van der Waals surface area contributed by atoms with E-state index in [0.717, 1.165) is 46.8 Å². The van der Waals surface area contributed by atoms with Crippen LogP contribution in [-0.2, 0) is 4.74 Å². The molecule has 0 bridgehead atoms. The second kappa shape index (κ2) is 12.0. The summed E-state index contributed by atoms with van der Waals surface area (Å²) < 4.78 is 26.5. The molecule has 1 fully saturated rings. The fraction of sp³-hybridized carbons (Fsp3) is 0.379. The van der Waals surface area contributed by atoms with Crippen LogP contribution in [0.2, 0.25) is 0 Å². The highest BCUT2D eigenvalue weighted by Gasteiger charge is 2.25. The summed E-state index contributed by atoms with van der Waals surface area (Å²) in [6.07, 6.45) is 5.28. The molecule has 0 saturated carbocycles. The highest BCUT2D eigenvalue weighted by molar-refractivity contribution is 7.20. The zero-order valence-electron chi connectivity index (χ0n) is 22.9. The smallest absolute Gasteiger partial charge is 0.410 e. The Labute approximate surface area is 233 Å². The predicted molar refractivity (Wildman–Crippen MR) is 155 cm³/mol. The largest absolute Gasteiger partial charge is 0.453 e. The van der Waals surface area contributed by atoms with E-state index in [1.54, 1.807) is 34.6 Å². The van der Waals surface area contributed by atoms with Gasteiger partial charge in [0.05, 0.1) is 10.2 Å². The number of pyridine rings is 1. The van der Waals surface area contributed by atoms with Gasteiger partial charge in [-0.05, 0) is 57.7 Å². The van der Waals surface area contributed by atoms with Crippen LogP contribution in [0.25, 0.3) is 15.8 Å². The lowest BCUT2D eigenvalue weighted by Gasteiger charge is -2.36. The Bertz CT molecular complexity index is 1360. The molecule has 10 heteroatoms. The number of halogens is 1. The zero-order valence-corrected chi connectivity index (χ0v) is 23.8. The lowest BCUT2D eigenvalue weighted by Crippen LogP contribution is -2.51. The van der Waals surface area contributed by atoms with Crippen LogP contribution < -0.4 is 10.5 Å². The maximum absolute atomic E-state index is 14.3. The van der Waals surface area contributed by atoms with E-state index in [1.807, 2.05) is 40.0 Å². The van der Waals surface area contributed by atoms with Crippen molar-refractivity contribution in [2.45, 2.75) is 33.3 Å². The number of rotatable bonds is 8. The third-order valence-electron chi connectivity index (χ3n) is 6.23. The van der Waals surface area contributed by atoms with Crippen molar-refractivity contribution in [1.82, 2.24) is 19.7 Å². The van der Waals surface area contributed by atoms with Crippen LogP contribution in [-0.4, -0.2) is 70.6 Å². The van der Waals surface area contributed by atoms with E-state index in [1.165, 1.54) is 12.1 Å². The summed E-state index contributed by atoms with van der Waals surface area (Å²) >= 11 is 1.54. The number of fused-ring (bicyclic) bond motifs is 1. The number of carbonyl (C=O) groups is 1. The van der Waals surface area contributed by atoms with Gasteiger partial charge in [0.25, 0.3) is 0 Å². The van der Waals surface area contributed by atoms with Crippen LogP contribution in [0, 0.1) is 5.82 Å². The fourth-order valence-electron chi connectivity index (χ4n) is 4.17. The van der Waals surface area contributed by atoms with Crippen molar-refractivity contribution in [2.75, 3.05) is 45.0 Å². The number of nitrogens with two attached hydrogens (primary N) is 1. The number of hydrogen-bond donors (Lipinski definition) is 1. The van der Waals surface area contributed by atoms with Crippen LogP contribution in [0.3, 0.4) is 0 Å². The van der Waals surface area contributed by atoms with Crippen molar-refractivity contribution < 1.29 is 18.7 Å². The van der Waals surface area contributed by atoms with Crippen molar-refractivity contribution in [3.63, 3.8) is 0 Å². The number of nitrogen functional groups attached to an aromatic ring is 1. The third-order valence-corrected chi connectivity index (χ3v) is 7.51. The third kappa shape index (κ3) is 7.48. The summed E-state index contributed by atoms with van der Waals surface area (Å²) in [5.41, 5.74) is 7.34. The average molecular weight is 554 g/mol. The Morgan fingerprint density at radius 3 is 2.62 bits per heavy atom. The van der Waals surface area contributed by atoms with Crippen LogP contribution >= 0.6 is 11.3 Å². The van der Waals surface area contributed by atoms with E-state index in [4.69, 9.17) is 15.2 Å². The molecular weight excluding hydrogens is 517 g/mol. The number of benzene rings is 1. The molecule has 0 spiro atoms. The number of amides is 1. The first kappa shape index (κ1) is 28.4. The molecule has 1 aliphatic heterocycles. The van der Waals surface area contributed by atoms with Gasteiger partial charge in [-0.15, -0.1) is 11.3 Å². The molecule has 208 valence electrons. The average Bonchev–Trinajstić information content (AvgIpc) is 3.33. The number of piperazine rings is 1. The lowest BCUT2D eigenvalue weighted by molar-refractivity contribution is 0.0143. The van der Waals surface area contributed by atoms with Crippen LogP contribution in [0.4, 0.5) is 14.9 Å². The fourth-order valence-corrected chi connectivity index (χ4v) is 5.20. The molecular formula is C29H36FN5O3S. The summed E-state index contributed by atoms with van der Waals surface area (Å²) in [6.45, 7) is 16.2. The summed E-state index contributed by atoms with van der Waals surface area (Å²) in [4.78, 5) is 24.0. The molecule has 2 aromatic heterocycles. The first-order valence-corrected chi connectivity index (χ1v) is 13.7. The molecule has 3 aromatic rings. The number of aromatic nitrogens is 1. The maximum Gasteiger partial charge on any atom is 0.410 e. The first-order chi connectivity index (χ1) is 18.5. The summed E-state index contributed by atoms with van der Waals surface area (Å²) in [7, 11) is 0. The van der Waals surface area contributed by atoms with Gasteiger partial charge in [0.2, 0.25) is 0 Å². The minimum atomic E-state index is -0.513. The summed E-state index contributed by atoms with van der Waals surface area (Å²) in [5, 5.41) is 0. The molecule has 1 aromatic carbocycles. The van der Waals surface area contributed by atoms with E-state index in [-0.39, 0.29) is 11.8 Å². The van der Waals surface area contributed by atoms with Crippen molar-refractivity contribution in [2.24, 2.45) is 0 Å². The van der Waals surface area contributed by atoms with E-state index in [0.29, 0.717) is 24.5 Å². The van der Waals surface area contributed by atoms with Gasteiger partial charge in [-0.3, -0.25) is 9.88 Å². The number of thiophene rings is 1. The number of hydrogen-bond acceptors (Lipinski definition) is 8. The van der Waals surface area contributed by atoms with Crippen molar-refractivity contribution in [3.05, 3.63) is 66.2 Å². The molecule has 0 aliphatic carbocycles. The first-order valence-electron chi connectivity index (χ1n) is 12.9. The Kier molecular flexibility index (Phi) is 8.76. The summed E-state index contributed by atoms with van der Waals surface area (Å²) in [5.74, 6) is 0.142. The lowest BCUT2D eigenvalue weighted by atomic mass is 10.2. The van der Waals surface area contributed by atoms with Gasteiger partial charge in [-0.2, -0.15) is 0 Å². The van der Waals surface area contributed by atoms with Gasteiger partial charge in [-0.25, -0.2) is 9.18 Å². The Hall–Kier alpha value is -3.63. The quantitative estimate of drug-likeness (QED) is 0.334. The van der Waals surface area contributed by atoms with Crippen molar-refractivity contribution in [1.29, 1.82) is 0 Å². The molecule has 0 unspecified atom stereocenters. The molecule has 3 heterocycles. The zero-order chi connectivity index (χ0) is 28.2. The van der Waals surface area contributed by atoms with Gasteiger partial charge >= 0.3 is 6.09 Å². The van der Waals surface area contributed by atoms with Crippen LogP contribution in [0.5, 0.6) is 11.5 Å². The molecule has 4 rings (SSSR count). The number of carbonyl (C=O) groups excluding carboxylic acids is 1. The second-order valence-corrected chi connectivity index (χ2v) is 11.5.